The number of hydrogen-bond acceptors (Lipinski definition) is 3. The number of carbonyl (C=O) groups is 1. The van der Waals surface area contributed by atoms with Crippen LogP contribution >= 0.6 is 15.9 Å². The lowest BCUT2D eigenvalue weighted by Gasteiger charge is -2.17. The Morgan fingerprint density at radius 1 is 1.41 bits per heavy atom. The van der Waals surface area contributed by atoms with Crippen molar-refractivity contribution in [1.29, 1.82) is 0 Å². The summed E-state index contributed by atoms with van der Waals surface area (Å²) >= 11 is 3.44. The molecule has 0 aliphatic rings. The second kappa shape index (κ2) is 6.64. The van der Waals surface area contributed by atoms with Crippen LogP contribution in [0.25, 0.3) is 0 Å². The van der Waals surface area contributed by atoms with E-state index in [1.165, 1.54) is 0 Å². The number of carbonyl (C=O) groups excluding carboxylic acids is 1. The SMILES string of the molecule is CCOc1cc(OC)c(Br)cc1C(C)CC=O. The summed E-state index contributed by atoms with van der Waals surface area (Å²) in [6, 6.07) is 3.81. The molecule has 0 saturated heterocycles. The van der Waals surface area contributed by atoms with Crippen molar-refractivity contribution in [2.75, 3.05) is 13.7 Å². The van der Waals surface area contributed by atoms with Gasteiger partial charge in [-0.05, 0) is 40.4 Å². The average Bonchev–Trinajstić information content (AvgIpc) is 2.31. The number of benzene rings is 1. The lowest BCUT2D eigenvalue weighted by atomic mass is 9.97. The molecule has 1 rings (SSSR count). The van der Waals surface area contributed by atoms with Gasteiger partial charge in [-0.3, -0.25) is 0 Å². The van der Waals surface area contributed by atoms with Crippen LogP contribution in [-0.2, 0) is 4.79 Å². The van der Waals surface area contributed by atoms with Crippen molar-refractivity contribution in [3.8, 4) is 11.5 Å². The highest BCUT2D eigenvalue weighted by Gasteiger charge is 2.15. The van der Waals surface area contributed by atoms with Crippen LogP contribution in [0.5, 0.6) is 11.5 Å². The molecule has 0 aliphatic heterocycles. The van der Waals surface area contributed by atoms with Gasteiger partial charge < -0.3 is 14.3 Å². The monoisotopic (exact) mass is 300 g/mol. The van der Waals surface area contributed by atoms with E-state index in [0.29, 0.717) is 13.0 Å². The zero-order valence-corrected chi connectivity index (χ0v) is 11.9. The first-order valence-corrected chi connectivity index (χ1v) is 6.37. The summed E-state index contributed by atoms with van der Waals surface area (Å²) < 4.78 is 11.7. The second-order valence-electron chi connectivity index (χ2n) is 3.76. The van der Waals surface area contributed by atoms with Crippen LogP contribution < -0.4 is 9.47 Å². The van der Waals surface area contributed by atoms with Crippen LogP contribution in [0, 0.1) is 0 Å². The highest BCUT2D eigenvalue weighted by molar-refractivity contribution is 9.10. The van der Waals surface area contributed by atoms with Crippen molar-refractivity contribution in [2.45, 2.75) is 26.2 Å². The lowest BCUT2D eigenvalue weighted by Crippen LogP contribution is -2.02. The minimum atomic E-state index is 0.135. The van der Waals surface area contributed by atoms with Gasteiger partial charge in [0.25, 0.3) is 0 Å². The molecule has 0 amide bonds. The lowest BCUT2D eigenvalue weighted by molar-refractivity contribution is -0.108. The Kier molecular flexibility index (Phi) is 5.48. The highest BCUT2D eigenvalue weighted by atomic mass is 79.9. The van der Waals surface area contributed by atoms with Crippen LogP contribution in [0.3, 0.4) is 0 Å². The molecule has 94 valence electrons. The Morgan fingerprint density at radius 2 is 2.12 bits per heavy atom. The number of methoxy groups -OCH3 is 1. The molecule has 0 spiro atoms. The second-order valence-corrected chi connectivity index (χ2v) is 4.62. The largest absolute Gasteiger partial charge is 0.495 e. The summed E-state index contributed by atoms with van der Waals surface area (Å²) in [5, 5.41) is 0. The standard InChI is InChI=1S/C13H17BrO3/c1-4-17-12-8-13(16-3)11(14)7-10(12)9(2)5-6-15/h6-9H,4-5H2,1-3H3. The summed E-state index contributed by atoms with van der Waals surface area (Å²) in [6.45, 7) is 4.53. The van der Waals surface area contributed by atoms with E-state index < -0.39 is 0 Å². The summed E-state index contributed by atoms with van der Waals surface area (Å²) in [4.78, 5) is 10.6. The Balaban J connectivity index is 3.16. The molecule has 0 radical (unpaired) electrons. The number of rotatable bonds is 6. The van der Waals surface area contributed by atoms with Crippen molar-refractivity contribution in [2.24, 2.45) is 0 Å². The van der Waals surface area contributed by atoms with Crippen molar-refractivity contribution in [1.82, 2.24) is 0 Å². The van der Waals surface area contributed by atoms with Crippen LogP contribution in [0.4, 0.5) is 0 Å². The van der Waals surface area contributed by atoms with Crippen LogP contribution in [-0.4, -0.2) is 20.0 Å². The van der Waals surface area contributed by atoms with Gasteiger partial charge in [0.1, 0.15) is 17.8 Å². The van der Waals surface area contributed by atoms with Crippen molar-refractivity contribution in [3.05, 3.63) is 22.2 Å². The van der Waals surface area contributed by atoms with Crippen LogP contribution in [0.2, 0.25) is 0 Å². The molecule has 0 N–H and O–H groups in total. The quantitative estimate of drug-likeness (QED) is 0.754. The zero-order valence-electron chi connectivity index (χ0n) is 10.3. The molecule has 1 aromatic rings. The third kappa shape index (κ3) is 3.46. The van der Waals surface area contributed by atoms with E-state index in [4.69, 9.17) is 9.47 Å². The molecular formula is C13H17BrO3. The minimum absolute atomic E-state index is 0.135. The maximum Gasteiger partial charge on any atom is 0.136 e. The maximum absolute atomic E-state index is 10.6. The van der Waals surface area contributed by atoms with E-state index in [9.17, 15) is 4.79 Å². The molecular weight excluding hydrogens is 284 g/mol. The van der Waals surface area contributed by atoms with Gasteiger partial charge in [-0.2, -0.15) is 0 Å². The Hall–Kier alpha value is -1.03. The van der Waals surface area contributed by atoms with Crippen LogP contribution in [0.1, 0.15) is 31.7 Å². The van der Waals surface area contributed by atoms with Gasteiger partial charge in [-0.25, -0.2) is 0 Å². The molecule has 1 atom stereocenters. The normalized spacial score (nSPS) is 12.0. The predicted molar refractivity (Wildman–Crippen MR) is 71.0 cm³/mol. The molecule has 0 aliphatic carbocycles. The highest BCUT2D eigenvalue weighted by Crippen LogP contribution is 2.37. The fourth-order valence-corrected chi connectivity index (χ4v) is 2.17. The Morgan fingerprint density at radius 3 is 2.65 bits per heavy atom. The van der Waals surface area contributed by atoms with Gasteiger partial charge in [0.15, 0.2) is 0 Å². The first kappa shape index (κ1) is 14.0. The fraction of sp³-hybridized carbons (Fsp3) is 0.462. The first-order valence-electron chi connectivity index (χ1n) is 5.57. The van der Waals surface area contributed by atoms with Gasteiger partial charge in [0, 0.05) is 12.5 Å². The third-order valence-corrected chi connectivity index (χ3v) is 3.18. The van der Waals surface area contributed by atoms with Crippen LogP contribution in [0.15, 0.2) is 16.6 Å². The molecule has 0 heterocycles. The van der Waals surface area contributed by atoms with Gasteiger partial charge in [-0.1, -0.05) is 6.92 Å². The molecule has 4 heteroatoms. The fourth-order valence-electron chi connectivity index (χ4n) is 1.64. The topological polar surface area (TPSA) is 35.5 Å². The Labute approximate surface area is 110 Å². The van der Waals surface area contributed by atoms with E-state index in [1.54, 1.807) is 7.11 Å². The van der Waals surface area contributed by atoms with E-state index in [2.05, 4.69) is 15.9 Å². The van der Waals surface area contributed by atoms with Gasteiger partial charge >= 0.3 is 0 Å². The number of ether oxygens (including phenoxy) is 2. The van der Waals surface area contributed by atoms with Crippen molar-refractivity contribution in [3.63, 3.8) is 0 Å². The van der Waals surface area contributed by atoms with Crippen molar-refractivity contribution < 1.29 is 14.3 Å². The van der Waals surface area contributed by atoms with Gasteiger partial charge in [0.05, 0.1) is 18.2 Å². The Bertz CT molecular complexity index is 390. The third-order valence-electron chi connectivity index (χ3n) is 2.56. The molecule has 0 fully saturated rings. The summed E-state index contributed by atoms with van der Waals surface area (Å²) in [6.07, 6.45) is 1.41. The first-order chi connectivity index (χ1) is 8.13. The average molecular weight is 301 g/mol. The molecule has 0 aromatic heterocycles. The molecule has 0 bridgehead atoms. The minimum Gasteiger partial charge on any atom is -0.495 e. The van der Waals surface area contributed by atoms with E-state index in [1.807, 2.05) is 26.0 Å². The summed E-state index contributed by atoms with van der Waals surface area (Å²) in [5.74, 6) is 1.65. The molecule has 0 saturated carbocycles. The van der Waals surface area contributed by atoms with Crippen molar-refractivity contribution >= 4 is 22.2 Å². The van der Waals surface area contributed by atoms with Gasteiger partial charge in [-0.15, -0.1) is 0 Å². The number of halogens is 1. The molecule has 3 nitrogen and oxygen atoms in total. The number of aldehydes is 1. The summed E-state index contributed by atoms with van der Waals surface area (Å²) in [5.41, 5.74) is 1.02. The molecule has 1 unspecified atom stereocenters. The summed E-state index contributed by atoms with van der Waals surface area (Å²) in [7, 11) is 1.62. The molecule has 17 heavy (non-hydrogen) atoms. The van der Waals surface area contributed by atoms with Gasteiger partial charge in [0.2, 0.25) is 0 Å². The smallest absolute Gasteiger partial charge is 0.136 e. The van der Waals surface area contributed by atoms with E-state index in [-0.39, 0.29) is 5.92 Å². The zero-order chi connectivity index (χ0) is 12.8. The maximum atomic E-state index is 10.6. The molecule has 1 aromatic carbocycles. The predicted octanol–water partition coefficient (Wildman–Crippen LogP) is 3.55. The van der Waals surface area contributed by atoms with E-state index in [0.717, 1.165) is 27.8 Å². The number of hydrogen-bond donors (Lipinski definition) is 0. The van der Waals surface area contributed by atoms with E-state index >= 15 is 0 Å².